The smallest absolute Gasteiger partial charge is 0.324 e. The zero-order valence-corrected chi connectivity index (χ0v) is 17.1. The molecule has 4 rings (SSSR count). The summed E-state index contributed by atoms with van der Waals surface area (Å²) in [6.07, 6.45) is 4.04. The van der Waals surface area contributed by atoms with Crippen molar-refractivity contribution < 1.29 is 19.9 Å². The molecule has 160 valence electrons. The van der Waals surface area contributed by atoms with E-state index in [0.29, 0.717) is 12.1 Å². The SMILES string of the molecule is CC1CC2Cc3ccsc3C(C1)N2C.O=[N+]([O-])c1cc([N+](=O)[O-])c(O)c([N+](=O)[O-])c1. The Balaban J connectivity index is 0.000000171. The van der Waals surface area contributed by atoms with E-state index in [1.54, 1.807) is 10.4 Å². The third-order valence-corrected chi connectivity index (χ3v) is 6.63. The van der Waals surface area contributed by atoms with Crippen molar-refractivity contribution in [2.75, 3.05) is 7.05 Å². The number of thiophene rings is 1. The number of hydrogen-bond acceptors (Lipinski definition) is 9. The normalized spacial score (nSPS) is 22.4. The lowest BCUT2D eigenvalue weighted by molar-refractivity contribution is -0.404. The second-order valence-electron chi connectivity index (χ2n) is 7.53. The van der Waals surface area contributed by atoms with Gasteiger partial charge in [-0.3, -0.25) is 35.2 Å². The highest BCUT2D eigenvalue weighted by Crippen LogP contribution is 2.45. The highest BCUT2D eigenvalue weighted by atomic mass is 32.1. The van der Waals surface area contributed by atoms with Crippen LogP contribution < -0.4 is 0 Å². The number of phenols is 1. The van der Waals surface area contributed by atoms with E-state index in [0.717, 1.165) is 18.0 Å². The van der Waals surface area contributed by atoms with Crippen molar-refractivity contribution in [3.63, 3.8) is 0 Å². The topological polar surface area (TPSA) is 153 Å². The van der Waals surface area contributed by atoms with Gasteiger partial charge in [-0.15, -0.1) is 11.3 Å². The summed E-state index contributed by atoms with van der Waals surface area (Å²) in [6.45, 7) is 2.41. The molecule has 2 aromatic rings. The predicted molar refractivity (Wildman–Crippen MR) is 109 cm³/mol. The van der Waals surface area contributed by atoms with Crippen LogP contribution in [0.5, 0.6) is 5.75 Å². The van der Waals surface area contributed by atoms with Crippen LogP contribution in [0, 0.1) is 36.3 Å². The summed E-state index contributed by atoms with van der Waals surface area (Å²) in [5.41, 5.74) is -1.37. The van der Waals surface area contributed by atoms with Crippen LogP contribution in [0.15, 0.2) is 23.6 Å². The van der Waals surface area contributed by atoms with Gasteiger partial charge < -0.3 is 5.11 Å². The molecular weight excluding hydrogens is 416 g/mol. The Morgan fingerprint density at radius 3 is 2.20 bits per heavy atom. The Kier molecular flexibility index (Phi) is 5.99. The van der Waals surface area contributed by atoms with Gasteiger partial charge in [0, 0.05) is 17.0 Å². The number of nitro groups is 3. The number of phenolic OH excluding ortho intramolecular Hbond substituents is 1. The molecule has 0 radical (unpaired) electrons. The summed E-state index contributed by atoms with van der Waals surface area (Å²) in [7, 11) is 2.31. The molecule has 3 unspecified atom stereocenters. The number of piperidine rings is 1. The van der Waals surface area contributed by atoms with E-state index in [1.165, 1.54) is 19.3 Å². The Bertz CT molecular complexity index is 973. The number of fused-ring (bicyclic) bond motifs is 4. The lowest BCUT2D eigenvalue weighted by atomic mass is 9.80. The minimum atomic E-state index is -1.21. The standard InChI is InChI=1S/C12H17NS.C6H3N3O7/c1-8-5-10-7-9-3-4-14-12(9)11(6-8)13(10)2;10-6-4(8(13)14)1-3(7(11)12)2-5(6)9(15)16/h3-4,8,10-11H,5-7H2,1-2H3;1-2,10H. The number of benzene rings is 1. The van der Waals surface area contributed by atoms with Crippen LogP contribution in [-0.2, 0) is 6.42 Å². The largest absolute Gasteiger partial charge is 0.497 e. The van der Waals surface area contributed by atoms with E-state index in [2.05, 4.69) is 30.3 Å². The van der Waals surface area contributed by atoms with Gasteiger partial charge in [-0.05, 0) is 49.2 Å². The molecule has 1 saturated heterocycles. The molecule has 30 heavy (non-hydrogen) atoms. The van der Waals surface area contributed by atoms with Crippen molar-refractivity contribution in [3.05, 3.63) is 64.4 Å². The summed E-state index contributed by atoms with van der Waals surface area (Å²) >= 11 is 1.96. The van der Waals surface area contributed by atoms with Gasteiger partial charge in [-0.1, -0.05) is 6.92 Å². The Morgan fingerprint density at radius 1 is 1.07 bits per heavy atom. The zero-order valence-electron chi connectivity index (χ0n) is 16.3. The first-order valence-corrected chi connectivity index (χ1v) is 10.1. The van der Waals surface area contributed by atoms with E-state index in [4.69, 9.17) is 5.11 Å². The Labute approximate surface area is 175 Å². The molecule has 3 atom stereocenters. The average Bonchev–Trinajstić information content (AvgIpc) is 3.11. The number of hydrogen-bond donors (Lipinski definition) is 1. The van der Waals surface area contributed by atoms with E-state index in [1.807, 2.05) is 11.3 Å². The lowest BCUT2D eigenvalue weighted by Crippen LogP contribution is -2.45. The van der Waals surface area contributed by atoms with Crippen LogP contribution in [0.3, 0.4) is 0 Å². The van der Waals surface area contributed by atoms with Crippen LogP contribution in [-0.4, -0.2) is 37.9 Å². The van der Waals surface area contributed by atoms with Crippen LogP contribution in [0.4, 0.5) is 17.1 Å². The number of nitro benzene ring substituents is 3. The quantitative estimate of drug-likeness (QED) is 0.555. The number of non-ortho nitro benzene ring substituents is 1. The molecule has 3 heterocycles. The summed E-state index contributed by atoms with van der Waals surface area (Å²) in [6, 6.07) is 4.77. The number of nitrogens with zero attached hydrogens (tertiary/aromatic N) is 4. The average molecular weight is 436 g/mol. The fraction of sp³-hybridized carbons (Fsp3) is 0.444. The fourth-order valence-electron chi connectivity index (χ4n) is 4.08. The van der Waals surface area contributed by atoms with Crippen molar-refractivity contribution in [3.8, 4) is 5.75 Å². The van der Waals surface area contributed by atoms with Crippen molar-refractivity contribution in [2.45, 2.75) is 38.3 Å². The van der Waals surface area contributed by atoms with Gasteiger partial charge in [0.1, 0.15) is 0 Å². The van der Waals surface area contributed by atoms with Crippen molar-refractivity contribution in [1.29, 1.82) is 0 Å². The van der Waals surface area contributed by atoms with Gasteiger partial charge in [0.15, 0.2) is 0 Å². The first kappa shape index (κ1) is 21.6. The molecule has 0 spiro atoms. The third-order valence-electron chi connectivity index (χ3n) is 5.57. The highest BCUT2D eigenvalue weighted by molar-refractivity contribution is 7.10. The number of aromatic hydroxyl groups is 1. The van der Waals surface area contributed by atoms with Gasteiger partial charge in [-0.25, -0.2) is 0 Å². The molecule has 0 amide bonds. The number of rotatable bonds is 3. The molecule has 0 saturated carbocycles. The van der Waals surface area contributed by atoms with E-state index in [9.17, 15) is 30.3 Å². The predicted octanol–water partition coefficient (Wildman–Crippen LogP) is 4.19. The minimum Gasteiger partial charge on any atom is -0.497 e. The molecular formula is C18H20N4O7S. The Morgan fingerprint density at radius 2 is 1.67 bits per heavy atom. The molecule has 12 heteroatoms. The molecule has 0 aliphatic carbocycles. The maximum absolute atomic E-state index is 10.4. The highest BCUT2D eigenvalue weighted by Gasteiger charge is 2.38. The van der Waals surface area contributed by atoms with Gasteiger partial charge >= 0.3 is 11.4 Å². The Hall–Kier alpha value is -3.12. The second-order valence-corrected chi connectivity index (χ2v) is 8.48. The number of likely N-dealkylation sites (N-methyl/N-ethyl adjacent to an activating group) is 1. The summed E-state index contributed by atoms with van der Waals surface area (Å²) in [4.78, 5) is 32.0. The van der Waals surface area contributed by atoms with Gasteiger partial charge in [0.2, 0.25) is 0 Å². The van der Waals surface area contributed by atoms with E-state index >= 15 is 0 Å². The van der Waals surface area contributed by atoms with Crippen molar-refractivity contribution in [1.82, 2.24) is 4.90 Å². The van der Waals surface area contributed by atoms with Crippen LogP contribution in [0.1, 0.15) is 36.2 Å². The van der Waals surface area contributed by atoms with Gasteiger partial charge in [0.25, 0.3) is 11.4 Å². The molecule has 2 aliphatic rings. The minimum absolute atomic E-state index is 0.447. The van der Waals surface area contributed by atoms with Crippen LogP contribution >= 0.6 is 11.3 Å². The second kappa shape index (κ2) is 8.32. The molecule has 11 nitrogen and oxygen atoms in total. The van der Waals surface area contributed by atoms with Gasteiger partial charge in [-0.2, -0.15) is 0 Å². The van der Waals surface area contributed by atoms with Gasteiger partial charge in [0.05, 0.1) is 26.9 Å². The maximum atomic E-state index is 10.4. The first-order chi connectivity index (χ1) is 14.1. The maximum Gasteiger partial charge on any atom is 0.324 e. The summed E-state index contributed by atoms with van der Waals surface area (Å²) < 4.78 is 0. The first-order valence-electron chi connectivity index (χ1n) is 9.18. The molecule has 1 aromatic carbocycles. The lowest BCUT2D eigenvalue weighted by Gasteiger charge is -2.46. The fourth-order valence-corrected chi connectivity index (χ4v) is 5.19. The van der Waals surface area contributed by atoms with Crippen LogP contribution in [0.2, 0.25) is 0 Å². The van der Waals surface area contributed by atoms with E-state index < -0.39 is 37.6 Å². The molecule has 1 N–H and O–H groups in total. The zero-order chi connectivity index (χ0) is 22.2. The molecule has 2 aliphatic heterocycles. The molecule has 2 bridgehead atoms. The van der Waals surface area contributed by atoms with Crippen molar-refractivity contribution >= 4 is 28.4 Å². The monoisotopic (exact) mass is 436 g/mol. The third kappa shape index (κ3) is 4.09. The molecule has 1 aromatic heterocycles. The van der Waals surface area contributed by atoms with E-state index in [-0.39, 0.29) is 0 Å². The summed E-state index contributed by atoms with van der Waals surface area (Å²) in [5.74, 6) is -0.294. The van der Waals surface area contributed by atoms with Crippen molar-refractivity contribution in [2.24, 2.45) is 5.92 Å². The van der Waals surface area contributed by atoms with Crippen LogP contribution in [0.25, 0.3) is 0 Å². The summed E-state index contributed by atoms with van der Waals surface area (Å²) in [5, 5.41) is 42.5. The molecule has 1 fully saturated rings.